The summed E-state index contributed by atoms with van der Waals surface area (Å²) in [5.41, 5.74) is 3.31. The first-order chi connectivity index (χ1) is 8.72. The molecule has 2 rings (SSSR count). The highest BCUT2D eigenvalue weighted by Crippen LogP contribution is 2.25. The van der Waals surface area contributed by atoms with Gasteiger partial charge >= 0.3 is 0 Å². The first-order valence-electron chi connectivity index (χ1n) is 6.04. The molecule has 0 aliphatic heterocycles. The summed E-state index contributed by atoms with van der Waals surface area (Å²) in [6, 6.07) is 6.12. The van der Waals surface area contributed by atoms with Crippen LogP contribution in [0.25, 0.3) is 0 Å². The van der Waals surface area contributed by atoms with Crippen LogP contribution in [0.3, 0.4) is 0 Å². The van der Waals surface area contributed by atoms with E-state index < -0.39 is 0 Å². The molecule has 1 N–H and O–H groups in total. The number of aryl methyl sites for hydroxylation is 2. The van der Waals surface area contributed by atoms with Gasteiger partial charge in [-0.25, -0.2) is 4.98 Å². The van der Waals surface area contributed by atoms with E-state index in [-0.39, 0.29) is 0 Å². The fraction of sp³-hybridized carbons (Fsp3) is 0.357. The van der Waals surface area contributed by atoms with Crippen LogP contribution in [0.1, 0.15) is 23.2 Å². The van der Waals surface area contributed by atoms with Crippen molar-refractivity contribution in [2.24, 2.45) is 0 Å². The van der Waals surface area contributed by atoms with E-state index in [1.54, 1.807) is 18.4 Å². The summed E-state index contributed by atoms with van der Waals surface area (Å²) < 4.78 is 5.33. The second-order valence-corrected chi connectivity index (χ2v) is 5.09. The molecule has 0 aliphatic rings. The molecule has 0 aliphatic carbocycles. The molecule has 2 aromatic rings. The minimum Gasteiger partial charge on any atom is -0.495 e. The smallest absolute Gasteiger partial charge is 0.141 e. The topological polar surface area (TPSA) is 34.2 Å². The van der Waals surface area contributed by atoms with E-state index in [2.05, 4.69) is 35.6 Å². The minimum absolute atomic E-state index is 0.732. The number of methoxy groups -OCH3 is 1. The second-order valence-electron chi connectivity index (χ2n) is 4.14. The van der Waals surface area contributed by atoms with Crippen molar-refractivity contribution in [2.45, 2.75) is 26.8 Å². The number of anilines is 1. The third-order valence-electron chi connectivity index (χ3n) is 2.72. The van der Waals surface area contributed by atoms with Crippen LogP contribution in [0.5, 0.6) is 5.75 Å². The van der Waals surface area contributed by atoms with Crippen molar-refractivity contribution in [3.05, 3.63) is 39.8 Å². The predicted octanol–water partition coefficient (Wildman–Crippen LogP) is 3.63. The quantitative estimate of drug-likeness (QED) is 0.893. The van der Waals surface area contributed by atoms with Crippen LogP contribution in [0.2, 0.25) is 0 Å². The van der Waals surface area contributed by atoms with Gasteiger partial charge in [-0.05, 0) is 31.0 Å². The lowest BCUT2D eigenvalue weighted by molar-refractivity contribution is 0.416. The summed E-state index contributed by atoms with van der Waals surface area (Å²) in [5.74, 6) is 0.867. The van der Waals surface area contributed by atoms with Gasteiger partial charge < -0.3 is 10.1 Å². The Kier molecular flexibility index (Phi) is 4.20. The molecule has 0 amide bonds. The number of rotatable bonds is 5. The monoisotopic (exact) mass is 262 g/mol. The maximum absolute atomic E-state index is 5.33. The first-order valence-corrected chi connectivity index (χ1v) is 6.92. The highest BCUT2D eigenvalue weighted by molar-refractivity contribution is 7.09. The van der Waals surface area contributed by atoms with E-state index in [1.807, 2.05) is 12.1 Å². The van der Waals surface area contributed by atoms with Gasteiger partial charge in [0.1, 0.15) is 5.75 Å². The Balaban J connectivity index is 2.07. The number of nitrogens with zero attached hydrogens (tertiary/aromatic N) is 1. The minimum atomic E-state index is 0.732. The zero-order valence-corrected chi connectivity index (χ0v) is 11.8. The summed E-state index contributed by atoms with van der Waals surface area (Å²) in [6.45, 7) is 4.93. The van der Waals surface area contributed by atoms with E-state index in [0.29, 0.717) is 0 Å². The number of thiazole rings is 1. The third-order valence-corrected chi connectivity index (χ3v) is 3.76. The fourth-order valence-electron chi connectivity index (χ4n) is 1.74. The molecule has 0 atom stereocenters. The fourth-order valence-corrected chi connectivity index (χ4v) is 2.48. The molecule has 0 fully saturated rings. The lowest BCUT2D eigenvalue weighted by Gasteiger charge is -2.10. The Labute approximate surface area is 112 Å². The number of hydrogen-bond acceptors (Lipinski definition) is 4. The van der Waals surface area contributed by atoms with Crippen molar-refractivity contribution in [1.29, 1.82) is 0 Å². The molecule has 1 aromatic heterocycles. The molecule has 0 spiro atoms. The molecule has 0 saturated heterocycles. The number of nitrogens with one attached hydrogen (secondary N) is 1. The van der Waals surface area contributed by atoms with E-state index >= 15 is 0 Å². The Bertz CT molecular complexity index is 522. The molecule has 1 heterocycles. The van der Waals surface area contributed by atoms with Gasteiger partial charge in [-0.15, -0.1) is 11.3 Å². The molecule has 4 heteroatoms. The van der Waals surface area contributed by atoms with Gasteiger partial charge in [0, 0.05) is 5.38 Å². The summed E-state index contributed by atoms with van der Waals surface area (Å²) in [5, 5.41) is 6.67. The molecule has 96 valence electrons. The highest BCUT2D eigenvalue weighted by atomic mass is 32.1. The van der Waals surface area contributed by atoms with E-state index in [1.165, 1.54) is 10.6 Å². The Hall–Kier alpha value is -1.55. The largest absolute Gasteiger partial charge is 0.495 e. The number of hydrogen-bond donors (Lipinski definition) is 1. The summed E-state index contributed by atoms with van der Waals surface area (Å²) >= 11 is 1.72. The average molecular weight is 262 g/mol. The Morgan fingerprint density at radius 2 is 2.22 bits per heavy atom. The number of ether oxygens (including phenoxy) is 1. The standard InChI is InChI=1S/C14H18N2OS/c1-4-14-16-11(9-18-14)8-15-12-7-10(2)5-6-13(12)17-3/h5-7,9,15H,4,8H2,1-3H3. The summed E-state index contributed by atoms with van der Waals surface area (Å²) in [7, 11) is 1.69. The van der Waals surface area contributed by atoms with Gasteiger partial charge in [0.25, 0.3) is 0 Å². The molecule has 3 nitrogen and oxygen atoms in total. The molecule has 18 heavy (non-hydrogen) atoms. The van der Waals surface area contributed by atoms with Gasteiger partial charge in [-0.2, -0.15) is 0 Å². The van der Waals surface area contributed by atoms with Crippen LogP contribution >= 0.6 is 11.3 Å². The van der Waals surface area contributed by atoms with Crippen LogP contribution < -0.4 is 10.1 Å². The van der Waals surface area contributed by atoms with Crippen LogP contribution in [0.15, 0.2) is 23.6 Å². The molecule has 0 unspecified atom stereocenters. The lowest BCUT2D eigenvalue weighted by Crippen LogP contribution is -2.02. The van der Waals surface area contributed by atoms with Crippen molar-refractivity contribution in [3.8, 4) is 5.75 Å². The zero-order valence-electron chi connectivity index (χ0n) is 11.0. The van der Waals surface area contributed by atoms with E-state index in [4.69, 9.17) is 4.74 Å². The van der Waals surface area contributed by atoms with Crippen molar-refractivity contribution < 1.29 is 4.74 Å². The summed E-state index contributed by atoms with van der Waals surface area (Å²) in [4.78, 5) is 4.54. The lowest BCUT2D eigenvalue weighted by atomic mass is 10.2. The van der Waals surface area contributed by atoms with Gasteiger partial charge in [0.05, 0.1) is 30.0 Å². The molecule has 0 radical (unpaired) electrons. The molecule has 1 aromatic carbocycles. The Morgan fingerprint density at radius 3 is 2.89 bits per heavy atom. The average Bonchev–Trinajstić information content (AvgIpc) is 2.84. The molecular formula is C14H18N2OS. The van der Waals surface area contributed by atoms with Crippen molar-refractivity contribution in [3.63, 3.8) is 0 Å². The van der Waals surface area contributed by atoms with Crippen LogP contribution in [0, 0.1) is 6.92 Å². The SMILES string of the molecule is CCc1nc(CNc2cc(C)ccc2OC)cs1. The molecule has 0 saturated carbocycles. The predicted molar refractivity (Wildman–Crippen MR) is 76.5 cm³/mol. The van der Waals surface area contributed by atoms with Crippen molar-refractivity contribution in [2.75, 3.05) is 12.4 Å². The van der Waals surface area contributed by atoms with Crippen LogP contribution in [-0.2, 0) is 13.0 Å². The van der Waals surface area contributed by atoms with Crippen molar-refractivity contribution >= 4 is 17.0 Å². The second kappa shape index (κ2) is 5.87. The van der Waals surface area contributed by atoms with Crippen LogP contribution in [0.4, 0.5) is 5.69 Å². The normalized spacial score (nSPS) is 10.4. The van der Waals surface area contributed by atoms with Gasteiger partial charge in [-0.3, -0.25) is 0 Å². The Morgan fingerprint density at radius 1 is 1.39 bits per heavy atom. The van der Waals surface area contributed by atoms with Gasteiger partial charge in [0.2, 0.25) is 0 Å². The van der Waals surface area contributed by atoms with E-state index in [9.17, 15) is 0 Å². The molecular weight excluding hydrogens is 244 g/mol. The first kappa shape index (κ1) is 12.9. The van der Waals surface area contributed by atoms with Crippen molar-refractivity contribution in [1.82, 2.24) is 4.98 Å². The molecule has 0 bridgehead atoms. The summed E-state index contributed by atoms with van der Waals surface area (Å²) in [6.07, 6.45) is 0.998. The van der Waals surface area contributed by atoms with Crippen LogP contribution in [-0.4, -0.2) is 12.1 Å². The van der Waals surface area contributed by atoms with Gasteiger partial charge in [0.15, 0.2) is 0 Å². The third kappa shape index (κ3) is 3.01. The zero-order chi connectivity index (χ0) is 13.0. The maximum atomic E-state index is 5.33. The number of benzene rings is 1. The highest BCUT2D eigenvalue weighted by Gasteiger charge is 2.04. The number of aromatic nitrogens is 1. The van der Waals surface area contributed by atoms with E-state index in [0.717, 1.165) is 30.1 Å². The maximum Gasteiger partial charge on any atom is 0.141 e. The van der Waals surface area contributed by atoms with Gasteiger partial charge in [-0.1, -0.05) is 13.0 Å².